The Morgan fingerprint density at radius 2 is 1.67 bits per heavy atom. The van der Waals surface area contributed by atoms with Crippen LogP contribution in [0.25, 0.3) is 0 Å². The van der Waals surface area contributed by atoms with Gasteiger partial charge in [-0.1, -0.05) is 96.2 Å². The van der Waals surface area contributed by atoms with Crippen LogP contribution in [0.3, 0.4) is 0 Å². The quantitative estimate of drug-likeness (QED) is 0.258. The fourth-order valence-electron chi connectivity index (χ4n) is 9.49. The molecule has 5 nitrogen and oxygen atoms in total. The summed E-state index contributed by atoms with van der Waals surface area (Å²) in [7, 11) is 0. The number of carbonyl (C=O) groups excluding carboxylic acids is 2. The Hall–Kier alpha value is -1.17. The van der Waals surface area contributed by atoms with Gasteiger partial charge in [-0.3, -0.25) is 26.8 Å². The first-order chi connectivity index (χ1) is 16.1. The fourth-order valence-corrected chi connectivity index (χ4v) is 9.49. The van der Waals surface area contributed by atoms with Crippen LogP contribution in [0.1, 0.15) is 93.4 Å². The number of rotatable bonds is 1. The van der Waals surface area contributed by atoms with Crippen LogP contribution < -0.4 is 30.1 Å². The predicted molar refractivity (Wildman–Crippen MR) is 136 cm³/mol. The molecule has 36 heavy (non-hydrogen) atoms. The van der Waals surface area contributed by atoms with Crippen LogP contribution in [0.4, 0.5) is 0 Å². The molecule has 6 heteroatoms. The van der Waals surface area contributed by atoms with Crippen LogP contribution in [0, 0.1) is 56.2 Å². The van der Waals surface area contributed by atoms with E-state index in [0.29, 0.717) is 0 Å². The Bertz CT molecular complexity index is 1120. The third-order valence-electron chi connectivity index (χ3n) is 11.8. The molecule has 190 valence electrons. The molecule has 5 aliphatic rings. The van der Waals surface area contributed by atoms with Crippen LogP contribution in [-0.4, -0.2) is 17.1 Å². The van der Waals surface area contributed by atoms with Crippen LogP contribution in [-0.2, 0) is 9.59 Å². The van der Waals surface area contributed by atoms with Crippen molar-refractivity contribution in [2.24, 2.45) is 44.8 Å². The molecule has 5 aliphatic carbocycles. The van der Waals surface area contributed by atoms with Gasteiger partial charge in [0.1, 0.15) is 11.9 Å². The van der Waals surface area contributed by atoms with E-state index in [0.717, 1.165) is 50.5 Å². The zero-order valence-electron chi connectivity index (χ0n) is 23.6. The van der Waals surface area contributed by atoms with E-state index in [9.17, 15) is 14.9 Å². The summed E-state index contributed by atoms with van der Waals surface area (Å²) in [6, 6.07) is 2.18. The molecular formula is C30H42LiN3O2. The average Bonchev–Trinajstić information content (AvgIpc) is 2.77. The number of nitrogens with two attached hydrogens (primary N) is 1. The second kappa shape index (κ2) is 8.16. The molecule has 0 aromatic rings. The minimum Gasteiger partial charge on any atom is -0.297 e. The monoisotopic (exact) mass is 483 g/mol. The van der Waals surface area contributed by atoms with Crippen molar-refractivity contribution >= 4 is 11.6 Å². The first kappa shape index (κ1) is 27.9. The smallest absolute Gasteiger partial charge is 0.297 e. The molecule has 0 aliphatic heterocycles. The first-order valence-electron chi connectivity index (χ1n) is 13.4. The minimum atomic E-state index is -0.634. The van der Waals surface area contributed by atoms with Gasteiger partial charge in [0.2, 0.25) is 0 Å². The van der Waals surface area contributed by atoms with Gasteiger partial charge in [0, 0.05) is 10.8 Å². The number of allylic oxidation sites excluding steroid dienone is 4. The van der Waals surface area contributed by atoms with Crippen LogP contribution in [0.2, 0.25) is 0 Å². The maximum absolute atomic E-state index is 14.2. The summed E-state index contributed by atoms with van der Waals surface area (Å²) < 4.78 is 0. The van der Waals surface area contributed by atoms with Gasteiger partial charge < -0.3 is 0 Å². The van der Waals surface area contributed by atoms with Gasteiger partial charge >= 0.3 is 18.9 Å². The Morgan fingerprint density at radius 1 is 1.03 bits per heavy atom. The van der Waals surface area contributed by atoms with Gasteiger partial charge in [-0.25, -0.2) is 0 Å². The third-order valence-corrected chi connectivity index (χ3v) is 11.8. The number of nitrogens with zero attached hydrogens (tertiary/aromatic N) is 1. The van der Waals surface area contributed by atoms with E-state index in [4.69, 9.17) is 5.84 Å². The van der Waals surface area contributed by atoms with Gasteiger partial charge in [0.05, 0.1) is 5.57 Å². The van der Waals surface area contributed by atoms with E-state index in [1.165, 1.54) is 5.92 Å². The Kier molecular flexibility index (Phi) is 6.32. The molecule has 0 heterocycles. The molecule has 0 radical (unpaired) electrons. The molecule has 1 unspecified atom stereocenters. The number of carbonyl (C=O) groups is 2. The predicted octanol–water partition coefficient (Wildman–Crippen LogP) is 2.38. The van der Waals surface area contributed by atoms with E-state index in [-0.39, 0.29) is 69.6 Å². The van der Waals surface area contributed by atoms with E-state index < -0.39 is 10.8 Å². The number of hydrogen-bond donors (Lipinski definition) is 2. The van der Waals surface area contributed by atoms with Gasteiger partial charge in [-0.2, -0.15) is 11.7 Å². The summed E-state index contributed by atoms with van der Waals surface area (Å²) in [4.78, 5) is 27.4. The molecule has 5 rings (SSSR count). The number of hydrogen-bond acceptors (Lipinski definition) is 5. The maximum atomic E-state index is 14.2. The van der Waals surface area contributed by atoms with Crippen molar-refractivity contribution < 1.29 is 28.4 Å². The number of nitrogens with one attached hydrogen (secondary N) is 1. The Balaban J connectivity index is 0.00000304. The average molecular weight is 484 g/mol. The largest absolute Gasteiger partial charge is 1.00 e. The Morgan fingerprint density at radius 3 is 2.28 bits per heavy atom. The van der Waals surface area contributed by atoms with E-state index in [2.05, 4.69) is 46.1 Å². The molecule has 3 N–H and O–H groups in total. The topological polar surface area (TPSA) is 96.0 Å². The molecule has 0 bridgehead atoms. The standard InChI is InChI=1S/C30H42N3O2.Li/c1-25(2)10-12-30(33-32)13-11-29(7)23(19(30)16-25)20(34)14-22-27(5)15-18(17-31)24(35)26(3,4)21(27)8-9-28(22,29)6;/h14-15,21,23,33H,8-13,16,32H2,1-7H3;/q-1;+1/t21?,23-,27-,28+,29+,30-;/m0./s1. The van der Waals surface area contributed by atoms with Crippen molar-refractivity contribution in [3.8, 4) is 6.07 Å². The summed E-state index contributed by atoms with van der Waals surface area (Å²) in [5, 5.41) is 9.84. The van der Waals surface area contributed by atoms with Gasteiger partial charge in [0.15, 0.2) is 5.78 Å². The number of nitriles is 1. The van der Waals surface area contributed by atoms with E-state index in [1.54, 1.807) is 0 Å². The fraction of sp³-hybridized carbons (Fsp3) is 0.733. The van der Waals surface area contributed by atoms with Crippen LogP contribution in [0.5, 0.6) is 0 Å². The van der Waals surface area contributed by atoms with Gasteiger partial charge in [-0.05, 0) is 42.1 Å². The summed E-state index contributed by atoms with van der Waals surface area (Å²) >= 11 is 0. The molecule has 0 saturated heterocycles. The van der Waals surface area contributed by atoms with Crippen molar-refractivity contribution in [3.05, 3.63) is 29.2 Å². The number of hydrazine groups is 1. The first-order valence-corrected chi connectivity index (χ1v) is 13.4. The number of Topliss-reactive ketones (excluding diaryl/α,β-unsaturated/α-hetero) is 1. The van der Waals surface area contributed by atoms with Crippen molar-refractivity contribution in [1.82, 2.24) is 5.43 Å². The SMILES string of the molecule is CC1(C)CC[C@]2(NN)CC[C@]3(C)[C@H](C(=O)C=C4[C@@]5(C)C=C(C#N)C(=O)C(C)(C)C5CC[C@]43C)[C-]2C1.[Li+]. The van der Waals surface area contributed by atoms with Crippen LogP contribution in [0.15, 0.2) is 23.3 Å². The molecule has 3 saturated carbocycles. The second-order valence-electron chi connectivity index (χ2n) is 14.3. The summed E-state index contributed by atoms with van der Waals surface area (Å²) in [6.45, 7) is 15.5. The molecule has 0 aromatic carbocycles. The van der Waals surface area contributed by atoms with Crippen LogP contribution >= 0.6 is 0 Å². The molecule has 0 aromatic heterocycles. The summed E-state index contributed by atoms with van der Waals surface area (Å²) in [5.74, 6) is 7.58. The molecule has 3 fully saturated rings. The van der Waals surface area contributed by atoms with Crippen molar-refractivity contribution in [3.63, 3.8) is 0 Å². The zero-order chi connectivity index (χ0) is 25.8. The minimum absolute atomic E-state index is 0. The molecule has 0 spiro atoms. The molecular weight excluding hydrogens is 441 g/mol. The maximum Gasteiger partial charge on any atom is 1.00 e. The van der Waals surface area contributed by atoms with Gasteiger partial charge in [0.25, 0.3) is 0 Å². The van der Waals surface area contributed by atoms with E-state index in [1.807, 2.05) is 26.0 Å². The third kappa shape index (κ3) is 3.27. The van der Waals surface area contributed by atoms with E-state index >= 15 is 0 Å². The van der Waals surface area contributed by atoms with Crippen molar-refractivity contribution in [2.45, 2.75) is 99.0 Å². The normalized spacial score (nSPS) is 45.0. The Labute approximate surface area is 229 Å². The number of fused-ring (bicyclic) bond motifs is 7. The summed E-state index contributed by atoms with van der Waals surface area (Å²) in [6.07, 6.45) is 10.6. The second-order valence-corrected chi connectivity index (χ2v) is 14.3. The molecule has 0 amide bonds. The summed E-state index contributed by atoms with van der Waals surface area (Å²) in [5.41, 5.74) is 2.94. The zero-order valence-corrected chi connectivity index (χ0v) is 23.6. The van der Waals surface area contributed by atoms with Crippen molar-refractivity contribution in [2.75, 3.05) is 0 Å². The van der Waals surface area contributed by atoms with Gasteiger partial charge in [-0.15, -0.1) is 0 Å². The molecule has 6 atom stereocenters. The number of ketones is 2. The van der Waals surface area contributed by atoms with Crippen molar-refractivity contribution in [1.29, 1.82) is 5.26 Å².